The number of Topliss-reactive ketones (excluding diaryl/α,β-unsaturated/α-hetero) is 1. The Kier molecular flexibility index (Phi) is 6.61. The molecule has 0 aliphatic rings. The third kappa shape index (κ3) is 8.84. The number of ether oxygens (including phenoxy) is 1. The number of nitrogens with one attached hydrogen (secondary N) is 2. The monoisotopic (exact) mass is 313 g/mol. The average molecular weight is 313 g/mol. The first-order valence-corrected chi connectivity index (χ1v) is 5.93. The number of alkyl carbamates (subject to hydrolysis) is 1. The second-order valence-electron chi connectivity index (χ2n) is 5.13. The van der Waals surface area contributed by atoms with E-state index in [0.29, 0.717) is 0 Å². The van der Waals surface area contributed by atoms with Gasteiger partial charge in [-0.15, -0.1) is 0 Å². The molecule has 0 bridgehead atoms. The van der Waals surface area contributed by atoms with Crippen molar-refractivity contribution >= 4 is 17.8 Å². The van der Waals surface area contributed by atoms with Gasteiger partial charge in [-0.1, -0.05) is 0 Å². The van der Waals surface area contributed by atoms with Crippen molar-refractivity contribution in [3.8, 4) is 0 Å². The third-order valence-corrected chi connectivity index (χ3v) is 1.93. The molecule has 0 saturated carbocycles. The quantitative estimate of drug-likeness (QED) is 0.666. The average Bonchev–Trinajstić information content (AvgIpc) is 2.29. The van der Waals surface area contributed by atoms with Crippen LogP contribution in [0.3, 0.4) is 0 Å². The largest absolute Gasteiger partial charge is 0.451 e. The van der Waals surface area contributed by atoms with Crippen LogP contribution in [0.25, 0.3) is 0 Å². The lowest BCUT2D eigenvalue weighted by atomic mass is 10.2. The van der Waals surface area contributed by atoms with Crippen LogP contribution >= 0.6 is 0 Å². The summed E-state index contributed by atoms with van der Waals surface area (Å²) in [6, 6.07) is -1.89. The highest BCUT2D eigenvalue weighted by Gasteiger charge is 2.41. The predicted octanol–water partition coefficient (Wildman–Crippen LogP) is 0.0860. The second kappa shape index (κ2) is 7.25. The first kappa shape index (κ1) is 19.2. The zero-order chi connectivity index (χ0) is 16.8. The number of hydrogen-bond acceptors (Lipinski definition) is 5. The van der Waals surface area contributed by atoms with Gasteiger partial charge in [0.1, 0.15) is 5.60 Å². The Bertz CT molecular complexity index is 404. The van der Waals surface area contributed by atoms with Crippen molar-refractivity contribution in [2.75, 3.05) is 13.1 Å². The van der Waals surface area contributed by atoms with Crippen molar-refractivity contribution in [2.45, 2.75) is 38.6 Å². The van der Waals surface area contributed by atoms with Crippen LogP contribution in [0, 0.1) is 0 Å². The number of hydrogen-bond donors (Lipinski definition) is 3. The van der Waals surface area contributed by atoms with Gasteiger partial charge in [-0.3, -0.25) is 9.59 Å². The fourth-order valence-corrected chi connectivity index (χ4v) is 1.06. The molecule has 21 heavy (non-hydrogen) atoms. The van der Waals surface area contributed by atoms with E-state index in [1.54, 1.807) is 20.8 Å². The van der Waals surface area contributed by atoms with Gasteiger partial charge in [-0.25, -0.2) is 4.79 Å². The maximum Gasteiger partial charge on any atom is 0.451 e. The SMILES string of the molecule is CC(C)(C)OC(=O)NCC(=O)NCC(N)C(=O)C(F)(F)F. The number of alkyl halides is 3. The molecule has 0 heterocycles. The number of rotatable bonds is 5. The molecule has 0 aliphatic heterocycles. The van der Waals surface area contributed by atoms with Gasteiger partial charge in [0.05, 0.1) is 12.6 Å². The number of halogens is 3. The van der Waals surface area contributed by atoms with E-state index in [1.165, 1.54) is 0 Å². The summed E-state index contributed by atoms with van der Waals surface area (Å²) in [5.74, 6) is -2.94. The molecule has 7 nitrogen and oxygen atoms in total. The predicted molar refractivity (Wildman–Crippen MR) is 66.3 cm³/mol. The molecule has 4 N–H and O–H groups in total. The fraction of sp³-hybridized carbons (Fsp3) is 0.727. The second-order valence-corrected chi connectivity index (χ2v) is 5.13. The van der Waals surface area contributed by atoms with Crippen molar-refractivity contribution in [3.63, 3.8) is 0 Å². The van der Waals surface area contributed by atoms with Crippen LogP contribution < -0.4 is 16.4 Å². The molecular weight excluding hydrogens is 295 g/mol. The van der Waals surface area contributed by atoms with Gasteiger partial charge < -0.3 is 21.1 Å². The number of carbonyl (C=O) groups excluding carboxylic acids is 3. The summed E-state index contributed by atoms with van der Waals surface area (Å²) >= 11 is 0. The number of carbonyl (C=O) groups is 3. The lowest BCUT2D eigenvalue weighted by Gasteiger charge is -2.19. The standard InChI is InChI=1S/C11H18F3N3O4/c1-10(2,3)21-9(20)17-5-7(18)16-4-6(15)8(19)11(12,13)14/h6H,4-5,15H2,1-3H3,(H,16,18)(H,17,20). The van der Waals surface area contributed by atoms with Gasteiger partial charge in [0.15, 0.2) is 0 Å². The van der Waals surface area contributed by atoms with E-state index in [9.17, 15) is 27.6 Å². The van der Waals surface area contributed by atoms with E-state index < -0.39 is 48.7 Å². The summed E-state index contributed by atoms with van der Waals surface area (Å²) in [6.45, 7) is 3.66. The number of ketones is 1. The molecule has 0 fully saturated rings. The van der Waals surface area contributed by atoms with Gasteiger partial charge in [-0.2, -0.15) is 13.2 Å². The Balaban J connectivity index is 4.07. The van der Waals surface area contributed by atoms with Crippen LogP contribution in [0.2, 0.25) is 0 Å². The van der Waals surface area contributed by atoms with Crippen LogP contribution in [0.15, 0.2) is 0 Å². The highest BCUT2D eigenvalue weighted by Crippen LogP contribution is 2.16. The Morgan fingerprint density at radius 3 is 2.10 bits per heavy atom. The minimum Gasteiger partial charge on any atom is -0.444 e. The minimum absolute atomic E-state index is 0.512. The minimum atomic E-state index is -5.06. The Hall–Kier alpha value is -1.84. The topological polar surface area (TPSA) is 111 Å². The fourth-order valence-electron chi connectivity index (χ4n) is 1.06. The Labute approximate surface area is 119 Å². The maximum atomic E-state index is 12.0. The van der Waals surface area contributed by atoms with Crippen molar-refractivity contribution < 1.29 is 32.3 Å². The molecule has 0 aromatic heterocycles. The van der Waals surface area contributed by atoms with Crippen LogP contribution in [0.5, 0.6) is 0 Å². The molecule has 1 atom stereocenters. The number of amides is 2. The molecule has 0 saturated heterocycles. The molecule has 10 heteroatoms. The summed E-state index contributed by atoms with van der Waals surface area (Å²) in [7, 11) is 0. The number of nitrogens with two attached hydrogens (primary N) is 1. The molecular formula is C11H18F3N3O4. The maximum absolute atomic E-state index is 12.0. The lowest BCUT2D eigenvalue weighted by molar-refractivity contribution is -0.172. The van der Waals surface area contributed by atoms with Gasteiger partial charge >= 0.3 is 12.3 Å². The molecule has 0 spiro atoms. The van der Waals surface area contributed by atoms with Crippen molar-refractivity contribution in [3.05, 3.63) is 0 Å². The van der Waals surface area contributed by atoms with E-state index in [2.05, 4.69) is 5.32 Å². The molecule has 0 aromatic rings. The van der Waals surface area contributed by atoms with E-state index in [-0.39, 0.29) is 0 Å². The first-order valence-electron chi connectivity index (χ1n) is 5.93. The van der Waals surface area contributed by atoms with E-state index in [0.717, 1.165) is 0 Å². The highest BCUT2D eigenvalue weighted by atomic mass is 19.4. The van der Waals surface area contributed by atoms with E-state index >= 15 is 0 Å². The smallest absolute Gasteiger partial charge is 0.444 e. The summed E-state index contributed by atoms with van der Waals surface area (Å²) < 4.78 is 40.9. The summed E-state index contributed by atoms with van der Waals surface area (Å²) in [6.07, 6.45) is -5.91. The highest BCUT2D eigenvalue weighted by molar-refractivity contribution is 5.90. The molecule has 122 valence electrons. The van der Waals surface area contributed by atoms with E-state index in [4.69, 9.17) is 10.5 Å². The van der Waals surface area contributed by atoms with Crippen molar-refractivity contribution in [2.24, 2.45) is 5.73 Å². The molecule has 1 unspecified atom stereocenters. The molecule has 0 aliphatic carbocycles. The first-order chi connectivity index (χ1) is 9.33. The zero-order valence-corrected chi connectivity index (χ0v) is 11.8. The van der Waals surface area contributed by atoms with Crippen LogP contribution in [-0.4, -0.2) is 48.7 Å². The van der Waals surface area contributed by atoms with Gasteiger partial charge in [0.2, 0.25) is 5.91 Å². The summed E-state index contributed by atoms with van der Waals surface area (Å²) in [5, 5.41) is 4.10. The molecule has 2 amide bonds. The molecule has 0 radical (unpaired) electrons. The van der Waals surface area contributed by atoms with Gasteiger partial charge in [0, 0.05) is 6.54 Å². The summed E-state index contributed by atoms with van der Waals surface area (Å²) in [5.41, 5.74) is 4.25. The third-order valence-electron chi connectivity index (χ3n) is 1.93. The zero-order valence-electron chi connectivity index (χ0n) is 11.8. The lowest BCUT2D eigenvalue weighted by Crippen LogP contribution is -2.49. The molecule has 0 aromatic carbocycles. The van der Waals surface area contributed by atoms with Gasteiger partial charge in [-0.05, 0) is 20.8 Å². The van der Waals surface area contributed by atoms with Crippen molar-refractivity contribution in [1.29, 1.82) is 0 Å². The molecule has 0 rings (SSSR count). The van der Waals surface area contributed by atoms with Crippen LogP contribution in [0.1, 0.15) is 20.8 Å². The summed E-state index contributed by atoms with van der Waals surface area (Å²) in [4.78, 5) is 33.2. The Morgan fingerprint density at radius 1 is 1.14 bits per heavy atom. The normalized spacial score (nSPS) is 13.3. The van der Waals surface area contributed by atoms with E-state index in [1.807, 2.05) is 5.32 Å². The Morgan fingerprint density at radius 2 is 1.67 bits per heavy atom. The van der Waals surface area contributed by atoms with Crippen molar-refractivity contribution in [1.82, 2.24) is 10.6 Å². The van der Waals surface area contributed by atoms with Crippen LogP contribution in [0.4, 0.5) is 18.0 Å². The van der Waals surface area contributed by atoms with Gasteiger partial charge in [0.25, 0.3) is 5.78 Å². The van der Waals surface area contributed by atoms with Crippen LogP contribution in [-0.2, 0) is 14.3 Å².